The van der Waals surface area contributed by atoms with Gasteiger partial charge in [-0.15, -0.1) is 0 Å². The second-order valence-electron chi connectivity index (χ2n) is 7.87. The van der Waals surface area contributed by atoms with E-state index in [2.05, 4.69) is 26.1 Å². The second-order valence-corrected chi connectivity index (χ2v) is 7.87. The van der Waals surface area contributed by atoms with Crippen LogP contribution in [0.2, 0.25) is 0 Å². The normalized spacial score (nSPS) is 26.1. The van der Waals surface area contributed by atoms with E-state index in [1.165, 1.54) is 6.42 Å². The molecule has 2 fully saturated rings. The molecule has 21 heavy (non-hydrogen) atoms. The van der Waals surface area contributed by atoms with Crippen molar-refractivity contribution in [3.8, 4) is 0 Å². The number of nitrogens with zero attached hydrogens (tertiary/aromatic N) is 1. The lowest BCUT2D eigenvalue weighted by Gasteiger charge is -2.48. The maximum atomic E-state index is 13.0. The first kappa shape index (κ1) is 16.3. The van der Waals surface area contributed by atoms with Crippen LogP contribution in [0.5, 0.6) is 0 Å². The van der Waals surface area contributed by atoms with Gasteiger partial charge in [-0.3, -0.25) is 9.59 Å². The van der Waals surface area contributed by atoms with Crippen LogP contribution in [0.25, 0.3) is 0 Å². The summed E-state index contributed by atoms with van der Waals surface area (Å²) in [6, 6.07) is -0.285. The van der Waals surface area contributed by atoms with Crippen molar-refractivity contribution < 1.29 is 9.59 Å². The Labute approximate surface area is 128 Å². The first-order valence-electron chi connectivity index (χ1n) is 8.42. The van der Waals surface area contributed by atoms with Crippen LogP contribution in [-0.4, -0.2) is 34.8 Å². The smallest absolute Gasteiger partial charge is 0.249 e. The molecule has 2 rings (SSSR count). The molecule has 0 aromatic rings. The number of piperazine rings is 1. The second kappa shape index (κ2) is 5.98. The van der Waals surface area contributed by atoms with Crippen molar-refractivity contribution in [2.45, 2.75) is 84.2 Å². The van der Waals surface area contributed by atoms with Crippen LogP contribution in [0, 0.1) is 5.41 Å². The number of hydrogen-bond acceptors (Lipinski definition) is 2. The van der Waals surface area contributed by atoms with E-state index in [1.54, 1.807) is 0 Å². The Morgan fingerprint density at radius 1 is 1.19 bits per heavy atom. The third-order valence-corrected chi connectivity index (χ3v) is 4.91. The van der Waals surface area contributed by atoms with Gasteiger partial charge in [-0.25, -0.2) is 0 Å². The Morgan fingerprint density at radius 3 is 2.33 bits per heavy atom. The van der Waals surface area contributed by atoms with Crippen molar-refractivity contribution in [3.05, 3.63) is 0 Å². The van der Waals surface area contributed by atoms with Gasteiger partial charge < -0.3 is 10.2 Å². The minimum atomic E-state index is -0.598. The molecule has 2 amide bonds. The van der Waals surface area contributed by atoms with Crippen LogP contribution >= 0.6 is 0 Å². The average molecular weight is 294 g/mol. The summed E-state index contributed by atoms with van der Waals surface area (Å²) in [4.78, 5) is 27.4. The van der Waals surface area contributed by atoms with E-state index in [-0.39, 0.29) is 23.3 Å². The van der Waals surface area contributed by atoms with Gasteiger partial charge in [0.2, 0.25) is 11.8 Å². The molecule has 1 heterocycles. The molecule has 1 unspecified atom stereocenters. The zero-order chi connectivity index (χ0) is 15.7. The number of hydrogen-bond donors (Lipinski definition) is 1. The topological polar surface area (TPSA) is 49.4 Å². The molecule has 1 N–H and O–H groups in total. The Balaban J connectivity index is 2.20. The Kier molecular flexibility index (Phi) is 4.64. The monoisotopic (exact) mass is 294 g/mol. The molecular weight excluding hydrogens is 264 g/mol. The summed E-state index contributed by atoms with van der Waals surface area (Å²) in [5.74, 6) is 0.214. The molecule has 4 nitrogen and oxygen atoms in total. The van der Waals surface area contributed by atoms with Crippen LogP contribution < -0.4 is 5.32 Å². The molecule has 1 spiro atoms. The molecule has 4 heteroatoms. The Morgan fingerprint density at radius 2 is 1.81 bits per heavy atom. The van der Waals surface area contributed by atoms with Gasteiger partial charge in [0.25, 0.3) is 0 Å². The fourth-order valence-corrected chi connectivity index (χ4v) is 3.54. The van der Waals surface area contributed by atoms with Gasteiger partial charge >= 0.3 is 0 Å². The number of amides is 2. The van der Waals surface area contributed by atoms with Gasteiger partial charge in [0.1, 0.15) is 11.6 Å². The predicted molar refractivity (Wildman–Crippen MR) is 83.8 cm³/mol. The number of nitrogens with one attached hydrogen (secondary N) is 1. The third kappa shape index (κ3) is 3.41. The number of carbonyl (C=O) groups is 2. The van der Waals surface area contributed by atoms with E-state index in [0.717, 1.165) is 32.1 Å². The van der Waals surface area contributed by atoms with Crippen molar-refractivity contribution in [2.75, 3.05) is 6.54 Å². The van der Waals surface area contributed by atoms with Gasteiger partial charge in [0, 0.05) is 6.54 Å². The zero-order valence-corrected chi connectivity index (χ0v) is 14.0. The summed E-state index contributed by atoms with van der Waals surface area (Å²) in [5.41, 5.74) is -0.425. The Bertz CT molecular complexity index is 406. The van der Waals surface area contributed by atoms with E-state index in [4.69, 9.17) is 0 Å². The van der Waals surface area contributed by atoms with E-state index < -0.39 is 5.54 Å². The lowest BCUT2D eigenvalue weighted by molar-refractivity contribution is -0.157. The minimum Gasteiger partial charge on any atom is -0.340 e. The van der Waals surface area contributed by atoms with Gasteiger partial charge in [-0.2, -0.15) is 0 Å². The molecule has 1 atom stereocenters. The molecule has 120 valence electrons. The highest BCUT2D eigenvalue weighted by Gasteiger charge is 2.50. The molecule has 1 saturated heterocycles. The predicted octanol–water partition coefficient (Wildman–Crippen LogP) is 2.86. The van der Waals surface area contributed by atoms with Crippen LogP contribution in [0.4, 0.5) is 0 Å². The van der Waals surface area contributed by atoms with Crippen LogP contribution in [0.1, 0.15) is 72.6 Å². The molecule has 1 aliphatic heterocycles. The molecule has 0 bridgehead atoms. The molecule has 0 aromatic heterocycles. The van der Waals surface area contributed by atoms with Gasteiger partial charge in [0.15, 0.2) is 0 Å². The van der Waals surface area contributed by atoms with Crippen molar-refractivity contribution in [3.63, 3.8) is 0 Å². The van der Waals surface area contributed by atoms with E-state index in [9.17, 15) is 9.59 Å². The highest BCUT2D eigenvalue weighted by atomic mass is 16.2. The van der Waals surface area contributed by atoms with E-state index in [1.807, 2.05) is 11.8 Å². The van der Waals surface area contributed by atoms with Crippen molar-refractivity contribution >= 4 is 11.8 Å². The van der Waals surface area contributed by atoms with Crippen molar-refractivity contribution in [2.24, 2.45) is 5.41 Å². The molecular formula is C17H30N2O2. The number of rotatable bonds is 3. The third-order valence-electron chi connectivity index (χ3n) is 4.91. The maximum absolute atomic E-state index is 13.0. The summed E-state index contributed by atoms with van der Waals surface area (Å²) in [7, 11) is 0. The van der Waals surface area contributed by atoms with Crippen molar-refractivity contribution in [1.82, 2.24) is 10.2 Å². The summed E-state index contributed by atoms with van der Waals surface area (Å²) in [6.45, 7) is 9.22. The van der Waals surface area contributed by atoms with Crippen LogP contribution in [-0.2, 0) is 9.59 Å². The summed E-state index contributed by atoms with van der Waals surface area (Å²) in [5, 5.41) is 3.08. The Hall–Kier alpha value is -1.06. The van der Waals surface area contributed by atoms with E-state index in [0.29, 0.717) is 13.0 Å². The summed E-state index contributed by atoms with van der Waals surface area (Å²) < 4.78 is 0. The lowest BCUT2D eigenvalue weighted by atomic mass is 9.78. The van der Waals surface area contributed by atoms with Gasteiger partial charge in [-0.05, 0) is 31.1 Å². The van der Waals surface area contributed by atoms with Gasteiger partial charge in [-0.1, -0.05) is 47.0 Å². The van der Waals surface area contributed by atoms with E-state index >= 15 is 0 Å². The fourth-order valence-electron chi connectivity index (χ4n) is 3.54. The maximum Gasteiger partial charge on any atom is 0.249 e. The first-order valence-corrected chi connectivity index (χ1v) is 8.42. The van der Waals surface area contributed by atoms with Gasteiger partial charge in [0.05, 0.1) is 0 Å². The quantitative estimate of drug-likeness (QED) is 0.870. The SMILES string of the molecule is CCC1C(=O)NC2(CCCCC2)C(=O)N1CCC(C)(C)C. The fraction of sp³-hybridized carbons (Fsp3) is 0.882. The highest BCUT2D eigenvalue weighted by molar-refractivity contribution is 5.99. The molecule has 2 aliphatic rings. The summed E-state index contributed by atoms with van der Waals surface area (Å²) in [6.07, 6.45) is 6.48. The molecule has 0 radical (unpaired) electrons. The molecule has 1 aliphatic carbocycles. The van der Waals surface area contributed by atoms with Crippen LogP contribution in [0.3, 0.4) is 0 Å². The highest BCUT2D eigenvalue weighted by Crippen LogP contribution is 2.34. The lowest BCUT2D eigenvalue weighted by Crippen LogP contribution is -2.70. The van der Waals surface area contributed by atoms with Crippen LogP contribution in [0.15, 0.2) is 0 Å². The minimum absolute atomic E-state index is 0.0490. The zero-order valence-electron chi connectivity index (χ0n) is 14.0. The molecule has 0 aromatic carbocycles. The molecule has 1 saturated carbocycles. The standard InChI is InChI=1S/C17H30N2O2/c1-5-13-14(20)18-17(9-7-6-8-10-17)15(21)19(13)12-11-16(2,3)4/h13H,5-12H2,1-4H3,(H,18,20). The first-order chi connectivity index (χ1) is 9.79. The number of carbonyl (C=O) groups excluding carboxylic acids is 2. The average Bonchev–Trinajstić information content (AvgIpc) is 2.41. The largest absolute Gasteiger partial charge is 0.340 e. The van der Waals surface area contributed by atoms with Crippen molar-refractivity contribution in [1.29, 1.82) is 0 Å². The summed E-state index contributed by atoms with van der Waals surface area (Å²) >= 11 is 0.